The van der Waals surface area contributed by atoms with E-state index in [0.717, 1.165) is 11.8 Å². The fourth-order valence-corrected chi connectivity index (χ4v) is 4.57. The summed E-state index contributed by atoms with van der Waals surface area (Å²) in [7, 11) is -1.94. The van der Waals surface area contributed by atoms with Gasteiger partial charge in [0.2, 0.25) is 0 Å². The summed E-state index contributed by atoms with van der Waals surface area (Å²) in [6.45, 7) is 1.89. The van der Waals surface area contributed by atoms with Gasteiger partial charge in [0, 0.05) is 29.3 Å². The molecule has 0 radical (unpaired) electrons. The second-order valence-electron chi connectivity index (χ2n) is 8.02. The van der Waals surface area contributed by atoms with Crippen molar-refractivity contribution in [2.75, 3.05) is 18.7 Å². The van der Waals surface area contributed by atoms with E-state index < -0.39 is 15.7 Å². The molecule has 1 aromatic heterocycles. The van der Waals surface area contributed by atoms with Gasteiger partial charge in [-0.3, -0.25) is 9.78 Å². The average Bonchev–Trinajstić information content (AvgIpc) is 2.85. The molecular weight excluding hydrogens is 484 g/mol. The number of nitrogens with zero attached hydrogens (tertiary/aromatic N) is 1. The van der Waals surface area contributed by atoms with Gasteiger partial charge >= 0.3 is 0 Å². The maximum Gasteiger partial charge on any atom is 0.256 e. The van der Waals surface area contributed by atoms with E-state index in [1.165, 1.54) is 18.2 Å². The minimum absolute atomic E-state index is 0.121. The molecule has 178 valence electrons. The Bertz CT molecular complexity index is 1520. The Balaban J connectivity index is 1.78. The van der Waals surface area contributed by atoms with E-state index in [0.29, 0.717) is 44.4 Å². The van der Waals surface area contributed by atoms with E-state index in [-0.39, 0.29) is 4.90 Å². The molecule has 1 heterocycles. The molecule has 0 aliphatic heterocycles. The van der Waals surface area contributed by atoms with E-state index in [2.05, 4.69) is 10.3 Å². The molecule has 6 nitrogen and oxygen atoms in total. The number of ether oxygens (including phenoxy) is 1. The van der Waals surface area contributed by atoms with Crippen LogP contribution in [0.2, 0.25) is 5.02 Å². The Morgan fingerprint density at radius 3 is 2.43 bits per heavy atom. The van der Waals surface area contributed by atoms with E-state index in [1.807, 2.05) is 37.3 Å². The molecule has 0 aliphatic rings. The van der Waals surface area contributed by atoms with Crippen molar-refractivity contribution in [3.8, 4) is 28.1 Å². The van der Waals surface area contributed by atoms with Crippen molar-refractivity contribution in [1.82, 2.24) is 4.98 Å². The van der Waals surface area contributed by atoms with Crippen LogP contribution in [0.25, 0.3) is 22.4 Å². The van der Waals surface area contributed by atoms with Crippen LogP contribution in [0.4, 0.5) is 5.69 Å². The Kier molecular flexibility index (Phi) is 6.91. The van der Waals surface area contributed by atoms with Crippen molar-refractivity contribution >= 4 is 33.0 Å². The van der Waals surface area contributed by atoms with E-state index in [4.69, 9.17) is 16.3 Å². The Morgan fingerprint density at radius 2 is 1.74 bits per heavy atom. The number of amides is 1. The SMILES string of the molecule is COc1ccc(C)c(-c2cc(S(C)(=O)=O)ccc2C(=O)Nc2ccc(Cl)c(-c3ccccn3)c2)c1. The lowest BCUT2D eigenvalue weighted by Gasteiger charge is -2.15. The molecule has 0 atom stereocenters. The Labute approximate surface area is 209 Å². The van der Waals surface area contributed by atoms with Crippen LogP contribution in [0.3, 0.4) is 0 Å². The standard InChI is InChI=1S/C27H23ClN2O4S/c1-17-7-9-19(34-2)15-22(17)23-16-20(35(3,32)33)10-11-21(23)27(31)30-18-8-12-25(28)24(14-18)26-6-4-5-13-29-26/h4-16H,1-3H3,(H,30,31). The van der Waals surface area contributed by atoms with Crippen LogP contribution in [0.5, 0.6) is 5.75 Å². The summed E-state index contributed by atoms with van der Waals surface area (Å²) in [6, 6.07) is 20.6. The number of methoxy groups -OCH3 is 1. The molecule has 0 saturated carbocycles. The van der Waals surface area contributed by atoms with Crippen molar-refractivity contribution in [3.05, 3.63) is 95.1 Å². The highest BCUT2D eigenvalue weighted by molar-refractivity contribution is 7.90. The minimum Gasteiger partial charge on any atom is -0.497 e. The molecule has 0 saturated heterocycles. The quantitative estimate of drug-likeness (QED) is 0.344. The van der Waals surface area contributed by atoms with Crippen molar-refractivity contribution in [2.24, 2.45) is 0 Å². The van der Waals surface area contributed by atoms with Crippen molar-refractivity contribution in [3.63, 3.8) is 0 Å². The fourth-order valence-electron chi connectivity index (χ4n) is 3.71. The molecule has 35 heavy (non-hydrogen) atoms. The van der Waals surface area contributed by atoms with Gasteiger partial charge < -0.3 is 10.1 Å². The first-order valence-electron chi connectivity index (χ1n) is 10.7. The zero-order chi connectivity index (χ0) is 25.2. The number of halogens is 1. The summed E-state index contributed by atoms with van der Waals surface area (Å²) in [4.78, 5) is 17.9. The van der Waals surface area contributed by atoms with Crippen molar-refractivity contribution in [1.29, 1.82) is 0 Å². The largest absolute Gasteiger partial charge is 0.497 e. The first-order chi connectivity index (χ1) is 16.7. The fraction of sp³-hybridized carbons (Fsp3) is 0.111. The second kappa shape index (κ2) is 9.90. The lowest BCUT2D eigenvalue weighted by atomic mass is 9.95. The van der Waals surface area contributed by atoms with Gasteiger partial charge in [-0.05, 0) is 84.3 Å². The molecule has 4 aromatic rings. The Hall–Kier alpha value is -3.68. The third kappa shape index (κ3) is 5.37. The maximum absolute atomic E-state index is 13.4. The van der Waals surface area contributed by atoms with Gasteiger partial charge in [-0.1, -0.05) is 23.7 Å². The topological polar surface area (TPSA) is 85.4 Å². The number of hydrogen-bond donors (Lipinski definition) is 1. The number of carbonyl (C=O) groups is 1. The average molecular weight is 507 g/mol. The van der Waals surface area contributed by atoms with Gasteiger partial charge in [0.15, 0.2) is 9.84 Å². The summed E-state index contributed by atoms with van der Waals surface area (Å²) >= 11 is 6.37. The summed E-state index contributed by atoms with van der Waals surface area (Å²) < 4.78 is 29.9. The summed E-state index contributed by atoms with van der Waals surface area (Å²) in [5, 5.41) is 3.41. The number of aryl methyl sites for hydroxylation is 1. The predicted octanol–water partition coefficient (Wildman–Crippen LogP) is 6.04. The third-order valence-corrected chi connectivity index (χ3v) is 7.00. The van der Waals surface area contributed by atoms with Gasteiger partial charge in [-0.15, -0.1) is 0 Å². The predicted molar refractivity (Wildman–Crippen MR) is 139 cm³/mol. The first kappa shape index (κ1) is 24.4. The highest BCUT2D eigenvalue weighted by atomic mass is 35.5. The van der Waals surface area contributed by atoms with Gasteiger partial charge in [-0.25, -0.2) is 8.42 Å². The maximum atomic E-state index is 13.4. The molecule has 8 heteroatoms. The number of sulfone groups is 1. The molecule has 1 N–H and O–H groups in total. The third-order valence-electron chi connectivity index (χ3n) is 5.56. The van der Waals surface area contributed by atoms with E-state index in [9.17, 15) is 13.2 Å². The lowest BCUT2D eigenvalue weighted by molar-refractivity contribution is 0.102. The highest BCUT2D eigenvalue weighted by Crippen LogP contribution is 2.34. The second-order valence-corrected chi connectivity index (χ2v) is 10.4. The number of nitrogens with one attached hydrogen (secondary N) is 1. The molecule has 0 aliphatic carbocycles. The van der Waals surface area contributed by atoms with Crippen LogP contribution < -0.4 is 10.1 Å². The summed E-state index contributed by atoms with van der Waals surface area (Å²) in [6.07, 6.45) is 2.81. The number of pyridine rings is 1. The minimum atomic E-state index is -3.49. The normalized spacial score (nSPS) is 11.2. The van der Waals surface area contributed by atoms with E-state index >= 15 is 0 Å². The monoisotopic (exact) mass is 506 g/mol. The molecule has 3 aromatic carbocycles. The number of benzene rings is 3. The lowest BCUT2D eigenvalue weighted by Crippen LogP contribution is -2.14. The number of rotatable bonds is 6. The number of carbonyl (C=O) groups excluding carboxylic acids is 1. The molecular formula is C27H23ClN2O4S. The summed E-state index contributed by atoms with van der Waals surface area (Å²) in [5.41, 5.74) is 4.27. The van der Waals surface area contributed by atoms with Crippen molar-refractivity contribution in [2.45, 2.75) is 11.8 Å². The molecule has 0 bridgehead atoms. The van der Waals surface area contributed by atoms with Gasteiger partial charge in [0.1, 0.15) is 5.75 Å². The van der Waals surface area contributed by atoms with Crippen LogP contribution in [0.1, 0.15) is 15.9 Å². The zero-order valence-corrected chi connectivity index (χ0v) is 20.9. The zero-order valence-electron chi connectivity index (χ0n) is 19.4. The molecule has 4 rings (SSSR count). The molecule has 1 amide bonds. The van der Waals surface area contributed by atoms with Crippen LogP contribution in [0.15, 0.2) is 83.9 Å². The summed E-state index contributed by atoms with van der Waals surface area (Å²) in [5.74, 6) is 0.205. The van der Waals surface area contributed by atoms with Gasteiger partial charge in [0.25, 0.3) is 5.91 Å². The van der Waals surface area contributed by atoms with Crippen molar-refractivity contribution < 1.29 is 17.9 Å². The van der Waals surface area contributed by atoms with Gasteiger partial charge in [-0.2, -0.15) is 0 Å². The number of aromatic nitrogens is 1. The van der Waals surface area contributed by atoms with Crippen LogP contribution in [-0.2, 0) is 9.84 Å². The van der Waals surface area contributed by atoms with E-state index in [1.54, 1.807) is 37.6 Å². The number of hydrogen-bond acceptors (Lipinski definition) is 5. The Morgan fingerprint density at radius 1 is 0.943 bits per heavy atom. The highest BCUT2D eigenvalue weighted by Gasteiger charge is 2.19. The number of anilines is 1. The molecule has 0 unspecified atom stereocenters. The van der Waals surface area contributed by atoms with Crippen LogP contribution in [-0.4, -0.2) is 32.7 Å². The van der Waals surface area contributed by atoms with Crippen LogP contribution in [0, 0.1) is 6.92 Å². The van der Waals surface area contributed by atoms with Gasteiger partial charge in [0.05, 0.1) is 22.7 Å². The smallest absolute Gasteiger partial charge is 0.256 e. The molecule has 0 fully saturated rings. The van der Waals surface area contributed by atoms with Crippen LogP contribution >= 0.6 is 11.6 Å². The first-order valence-corrected chi connectivity index (χ1v) is 13.0. The molecule has 0 spiro atoms.